The fraction of sp³-hybridized carbons (Fsp3) is 0.524. The summed E-state index contributed by atoms with van der Waals surface area (Å²) in [5.41, 5.74) is 4.35. The average Bonchev–Trinajstić information content (AvgIpc) is 3.16. The van der Waals surface area contributed by atoms with Gasteiger partial charge in [0.2, 0.25) is 0 Å². The Morgan fingerprint density at radius 1 is 0.444 bits per heavy atom. The van der Waals surface area contributed by atoms with Crippen molar-refractivity contribution < 1.29 is 45.5 Å². The van der Waals surface area contributed by atoms with Crippen molar-refractivity contribution in [2.75, 3.05) is 67.4 Å². The third-order valence-electron chi connectivity index (χ3n) is 9.09. The first-order chi connectivity index (χ1) is 26.4. The van der Waals surface area contributed by atoms with Gasteiger partial charge >= 0.3 is 17.6 Å². The normalized spacial score (nSPS) is 12.2. The van der Waals surface area contributed by atoms with E-state index < -0.39 is 17.6 Å². The van der Waals surface area contributed by atoms with Gasteiger partial charge in [-0.2, -0.15) is 0 Å². The predicted octanol–water partition coefficient (Wildman–Crippen LogP) is 9.59. The van der Waals surface area contributed by atoms with Gasteiger partial charge in [-0.05, 0) is 112 Å². The summed E-state index contributed by atoms with van der Waals surface area (Å²) in [6.45, 7) is 15.6. The largest absolute Gasteiger partial charge is 0.500 e. The van der Waals surface area contributed by atoms with Crippen molar-refractivity contribution in [3.8, 4) is 22.6 Å². The third kappa shape index (κ3) is 11.6. The number of rotatable bonds is 27. The second-order valence-electron chi connectivity index (χ2n) is 12.8. The fourth-order valence-electron chi connectivity index (χ4n) is 7.05. The predicted molar refractivity (Wildman–Crippen MR) is 219 cm³/mol. The summed E-state index contributed by atoms with van der Waals surface area (Å²) in [5.74, 6) is 1.42. The maximum atomic E-state index is 6.25. The first-order valence-corrected chi connectivity index (χ1v) is 23.4. The van der Waals surface area contributed by atoms with Crippen LogP contribution in [0.25, 0.3) is 32.7 Å². The van der Waals surface area contributed by atoms with Crippen LogP contribution < -0.4 is 9.47 Å². The molecule has 0 saturated heterocycles. The van der Waals surface area contributed by atoms with Crippen molar-refractivity contribution in [3.63, 3.8) is 0 Å². The molecule has 54 heavy (non-hydrogen) atoms. The van der Waals surface area contributed by atoms with E-state index in [0.29, 0.717) is 51.1 Å². The van der Waals surface area contributed by atoms with Gasteiger partial charge in [-0.1, -0.05) is 48.5 Å². The molecule has 10 nitrogen and oxygen atoms in total. The van der Waals surface area contributed by atoms with Gasteiger partial charge in [0, 0.05) is 77.1 Å². The van der Waals surface area contributed by atoms with Gasteiger partial charge in [0.05, 0.1) is 0 Å². The van der Waals surface area contributed by atoms with Crippen LogP contribution in [-0.4, -0.2) is 85.1 Å². The Morgan fingerprint density at radius 3 is 1.11 bits per heavy atom. The van der Waals surface area contributed by atoms with E-state index in [0.717, 1.165) is 70.4 Å². The number of methoxy groups -OCH3 is 2. The van der Waals surface area contributed by atoms with Crippen LogP contribution >= 0.6 is 0 Å². The molecular formula is C42H62O10Si2. The number of hydrogen-bond donors (Lipinski definition) is 0. The van der Waals surface area contributed by atoms with Crippen LogP contribution in [-0.2, 0) is 48.9 Å². The molecule has 4 aromatic carbocycles. The summed E-state index contributed by atoms with van der Waals surface area (Å²) in [6, 6.07) is 23.1. The SMILES string of the molecule is CCO[Si](CCCc1ccc2c(-c3c(OCOC)ccc4cc(CCC[Si](OCC)(OCC)OCC)ccc34)c(OCOC)ccc2c1)(OCC)OCC. The molecule has 298 valence electrons. The summed E-state index contributed by atoms with van der Waals surface area (Å²) in [4.78, 5) is 0. The molecule has 0 aliphatic heterocycles. The molecule has 0 atom stereocenters. The monoisotopic (exact) mass is 782 g/mol. The minimum absolute atomic E-state index is 0.112. The lowest BCUT2D eigenvalue weighted by Gasteiger charge is -2.28. The lowest BCUT2D eigenvalue weighted by Crippen LogP contribution is -2.46. The quantitative estimate of drug-likeness (QED) is 0.0430. The maximum absolute atomic E-state index is 6.25. The van der Waals surface area contributed by atoms with Gasteiger partial charge in [0.25, 0.3) is 0 Å². The number of ether oxygens (including phenoxy) is 4. The Balaban J connectivity index is 1.73. The summed E-state index contributed by atoms with van der Waals surface area (Å²) in [5, 5.41) is 4.31. The smallest absolute Gasteiger partial charge is 0.467 e. The zero-order chi connectivity index (χ0) is 38.8. The fourth-order valence-corrected chi connectivity index (χ4v) is 12.3. The van der Waals surface area contributed by atoms with E-state index in [9.17, 15) is 0 Å². The maximum Gasteiger partial charge on any atom is 0.500 e. The van der Waals surface area contributed by atoms with Gasteiger partial charge in [-0.25, -0.2) is 0 Å². The molecule has 4 aromatic rings. The van der Waals surface area contributed by atoms with E-state index in [-0.39, 0.29) is 13.6 Å². The molecule has 0 bridgehead atoms. The molecule has 0 radical (unpaired) electrons. The first-order valence-electron chi connectivity index (χ1n) is 19.5. The van der Waals surface area contributed by atoms with Gasteiger partial charge < -0.3 is 45.5 Å². The molecule has 0 saturated carbocycles. The van der Waals surface area contributed by atoms with E-state index in [1.807, 2.05) is 53.7 Å². The Bertz CT molecular complexity index is 1560. The third-order valence-corrected chi connectivity index (χ3v) is 15.4. The molecule has 4 rings (SSSR count). The van der Waals surface area contributed by atoms with E-state index in [1.165, 1.54) is 11.1 Å². The number of aryl methyl sites for hydroxylation is 2. The number of fused-ring (bicyclic) bond motifs is 2. The molecule has 0 aromatic heterocycles. The van der Waals surface area contributed by atoms with Crippen molar-refractivity contribution >= 4 is 39.2 Å². The standard InChI is InChI=1S/C42H62O10Si2/c1-9-47-53(48-10-2,49-11-3)27-15-17-33-19-23-37-35(29-33)21-25-39(45-31-43-7)41(37)42-38-24-20-34(30-36(38)22-26-40(42)46-32-44-8)18-16-28-54(50-12-4,51-13-5)52-14-6/h19-26,29-30H,9-18,27-28,31-32H2,1-8H3. The summed E-state index contributed by atoms with van der Waals surface area (Å²) in [6.07, 6.45) is 3.54. The molecule has 0 heterocycles. The summed E-state index contributed by atoms with van der Waals surface area (Å²) in [7, 11) is -2.18. The zero-order valence-electron chi connectivity index (χ0n) is 33.8. The van der Waals surface area contributed by atoms with E-state index in [1.54, 1.807) is 14.2 Å². The van der Waals surface area contributed by atoms with Crippen molar-refractivity contribution in [1.82, 2.24) is 0 Å². The highest BCUT2D eigenvalue weighted by molar-refractivity contribution is 6.61. The van der Waals surface area contributed by atoms with E-state index in [2.05, 4.69) is 48.5 Å². The van der Waals surface area contributed by atoms with Crippen LogP contribution in [0.4, 0.5) is 0 Å². The lowest BCUT2D eigenvalue weighted by molar-refractivity contribution is 0.0502. The Labute approximate surface area is 325 Å². The first kappa shape index (κ1) is 43.8. The minimum atomic E-state index is -2.72. The molecule has 0 fully saturated rings. The van der Waals surface area contributed by atoms with Gasteiger partial charge in [0.1, 0.15) is 11.5 Å². The average molecular weight is 783 g/mol. The molecule has 12 heteroatoms. The van der Waals surface area contributed by atoms with Crippen molar-refractivity contribution in [2.45, 2.75) is 79.3 Å². The Morgan fingerprint density at radius 2 is 0.796 bits per heavy atom. The van der Waals surface area contributed by atoms with Crippen molar-refractivity contribution in [1.29, 1.82) is 0 Å². The highest BCUT2D eigenvalue weighted by Crippen LogP contribution is 2.46. The van der Waals surface area contributed by atoms with Gasteiger partial charge in [-0.15, -0.1) is 0 Å². The van der Waals surface area contributed by atoms with Crippen LogP contribution in [0.15, 0.2) is 60.7 Å². The summed E-state index contributed by atoms with van der Waals surface area (Å²) >= 11 is 0. The molecular weight excluding hydrogens is 721 g/mol. The van der Waals surface area contributed by atoms with Crippen LogP contribution in [0.5, 0.6) is 11.5 Å². The molecule has 0 amide bonds. The van der Waals surface area contributed by atoms with Gasteiger partial charge in [0.15, 0.2) is 13.6 Å². The van der Waals surface area contributed by atoms with Crippen LogP contribution in [0.1, 0.15) is 65.5 Å². The lowest BCUT2D eigenvalue weighted by atomic mass is 9.90. The van der Waals surface area contributed by atoms with E-state index in [4.69, 9.17) is 45.5 Å². The number of hydrogen-bond acceptors (Lipinski definition) is 10. The van der Waals surface area contributed by atoms with E-state index >= 15 is 0 Å². The van der Waals surface area contributed by atoms with Crippen LogP contribution in [0.2, 0.25) is 12.1 Å². The number of benzene rings is 4. The second-order valence-corrected chi connectivity index (χ2v) is 18.2. The van der Waals surface area contributed by atoms with Crippen LogP contribution in [0, 0.1) is 0 Å². The topological polar surface area (TPSA) is 92.3 Å². The highest BCUT2D eigenvalue weighted by Gasteiger charge is 2.40. The van der Waals surface area contributed by atoms with Gasteiger partial charge in [-0.3, -0.25) is 0 Å². The molecule has 0 N–H and O–H groups in total. The molecule has 0 aliphatic carbocycles. The zero-order valence-corrected chi connectivity index (χ0v) is 35.8. The molecule has 0 unspecified atom stereocenters. The summed E-state index contributed by atoms with van der Waals surface area (Å²) < 4.78 is 59.9. The van der Waals surface area contributed by atoms with Crippen molar-refractivity contribution in [2.24, 2.45) is 0 Å². The van der Waals surface area contributed by atoms with Crippen LogP contribution in [0.3, 0.4) is 0 Å². The highest BCUT2D eigenvalue weighted by atomic mass is 28.4. The second kappa shape index (κ2) is 22.6. The van der Waals surface area contributed by atoms with Crippen molar-refractivity contribution in [3.05, 3.63) is 71.8 Å². The Hall–Kier alpha value is -2.89. The molecule has 0 aliphatic rings. The Kier molecular flexibility index (Phi) is 18.4. The molecule has 0 spiro atoms. The minimum Gasteiger partial charge on any atom is -0.467 e.